The number of nitrogens with zero attached hydrogens (tertiary/aromatic N) is 4. The maximum Gasteiger partial charge on any atom is 0.573 e. The Kier molecular flexibility index (Phi) is 4.85. The summed E-state index contributed by atoms with van der Waals surface area (Å²) in [5, 5.41) is 4.64. The predicted molar refractivity (Wildman–Crippen MR) is 97.5 cm³/mol. The average Bonchev–Trinajstić information content (AvgIpc) is 2.98. The number of nitrogens with two attached hydrogens (primary N) is 1. The highest BCUT2D eigenvalue weighted by Crippen LogP contribution is 2.29. The van der Waals surface area contributed by atoms with Gasteiger partial charge in [-0.1, -0.05) is 6.07 Å². The standard InChI is InChI=1S/C18H16F3N5O/c1-11-3-5-13(9-16(11)27-18(19,20)21)23-10-15(25-22)14-6-4-12-7-8-26(2)17(12)24-14/h3-10H,22H2,1-2H3/b23-10?,25-15+. The van der Waals surface area contributed by atoms with Gasteiger partial charge < -0.3 is 15.1 Å². The van der Waals surface area contributed by atoms with Crippen LogP contribution in [0.1, 0.15) is 11.3 Å². The lowest BCUT2D eigenvalue weighted by Crippen LogP contribution is -2.17. The van der Waals surface area contributed by atoms with Crippen LogP contribution in [0.4, 0.5) is 18.9 Å². The maximum atomic E-state index is 12.5. The van der Waals surface area contributed by atoms with E-state index in [9.17, 15) is 13.2 Å². The molecule has 0 aliphatic heterocycles. The van der Waals surface area contributed by atoms with Crippen molar-refractivity contribution in [2.75, 3.05) is 0 Å². The van der Waals surface area contributed by atoms with Crippen molar-refractivity contribution in [3.63, 3.8) is 0 Å². The van der Waals surface area contributed by atoms with Gasteiger partial charge >= 0.3 is 6.36 Å². The lowest BCUT2D eigenvalue weighted by Gasteiger charge is -2.11. The van der Waals surface area contributed by atoms with Gasteiger partial charge in [0.15, 0.2) is 0 Å². The van der Waals surface area contributed by atoms with Crippen molar-refractivity contribution < 1.29 is 17.9 Å². The fourth-order valence-electron chi connectivity index (χ4n) is 2.48. The minimum absolute atomic E-state index is 0.265. The van der Waals surface area contributed by atoms with Crippen molar-refractivity contribution in [1.29, 1.82) is 0 Å². The Hall–Kier alpha value is -3.36. The lowest BCUT2D eigenvalue weighted by molar-refractivity contribution is -0.274. The van der Waals surface area contributed by atoms with Crippen LogP contribution in [-0.2, 0) is 7.05 Å². The number of benzene rings is 1. The van der Waals surface area contributed by atoms with E-state index in [1.54, 1.807) is 12.1 Å². The van der Waals surface area contributed by atoms with Crippen molar-refractivity contribution >= 4 is 28.6 Å². The molecule has 0 fully saturated rings. The molecule has 0 bridgehead atoms. The molecule has 3 rings (SSSR count). The van der Waals surface area contributed by atoms with E-state index in [4.69, 9.17) is 5.84 Å². The van der Waals surface area contributed by atoms with E-state index in [1.807, 2.05) is 29.9 Å². The summed E-state index contributed by atoms with van der Waals surface area (Å²) in [6, 6.07) is 9.79. The van der Waals surface area contributed by atoms with Gasteiger partial charge in [0.1, 0.15) is 17.1 Å². The number of aryl methyl sites for hydroxylation is 2. The van der Waals surface area contributed by atoms with Crippen molar-refractivity contribution in [3.8, 4) is 5.75 Å². The van der Waals surface area contributed by atoms with Crippen LogP contribution >= 0.6 is 0 Å². The predicted octanol–water partition coefficient (Wildman–Crippen LogP) is 3.85. The zero-order valence-electron chi connectivity index (χ0n) is 14.5. The van der Waals surface area contributed by atoms with Crippen molar-refractivity contribution in [2.24, 2.45) is 23.0 Å². The number of alkyl halides is 3. The molecule has 0 spiro atoms. The third-order valence-electron chi connectivity index (χ3n) is 3.85. The molecule has 0 aliphatic carbocycles. The molecule has 9 heteroatoms. The zero-order chi connectivity index (χ0) is 19.6. The van der Waals surface area contributed by atoms with E-state index in [2.05, 4.69) is 19.8 Å². The van der Waals surface area contributed by atoms with E-state index in [0.29, 0.717) is 11.3 Å². The molecule has 3 aromatic rings. The Labute approximate surface area is 152 Å². The molecule has 0 radical (unpaired) electrons. The summed E-state index contributed by atoms with van der Waals surface area (Å²) in [5.74, 6) is 5.13. The van der Waals surface area contributed by atoms with Crippen molar-refractivity contribution in [2.45, 2.75) is 13.3 Å². The first-order valence-electron chi connectivity index (χ1n) is 7.87. The number of aromatic nitrogens is 2. The van der Waals surface area contributed by atoms with Gasteiger partial charge in [-0.3, -0.25) is 4.99 Å². The van der Waals surface area contributed by atoms with Gasteiger partial charge in [0.05, 0.1) is 17.6 Å². The summed E-state index contributed by atoms with van der Waals surface area (Å²) >= 11 is 0. The van der Waals surface area contributed by atoms with Gasteiger partial charge in [-0.2, -0.15) is 5.10 Å². The molecule has 0 saturated carbocycles. The molecule has 2 aromatic heterocycles. The van der Waals surface area contributed by atoms with Gasteiger partial charge in [0.25, 0.3) is 0 Å². The maximum absolute atomic E-state index is 12.5. The molecular formula is C18H16F3N5O. The van der Waals surface area contributed by atoms with Crippen molar-refractivity contribution in [1.82, 2.24) is 9.55 Å². The number of hydrogen-bond acceptors (Lipinski definition) is 5. The summed E-state index contributed by atoms with van der Waals surface area (Å²) in [5.41, 5.74) is 2.14. The topological polar surface area (TPSA) is 77.8 Å². The molecule has 27 heavy (non-hydrogen) atoms. The third-order valence-corrected chi connectivity index (χ3v) is 3.85. The molecule has 140 valence electrons. The van der Waals surface area contributed by atoms with Crippen LogP contribution in [0.5, 0.6) is 5.75 Å². The van der Waals surface area contributed by atoms with E-state index in [0.717, 1.165) is 11.0 Å². The van der Waals surface area contributed by atoms with Gasteiger partial charge in [0, 0.05) is 24.7 Å². The van der Waals surface area contributed by atoms with Crippen LogP contribution in [-0.4, -0.2) is 27.8 Å². The first-order valence-corrected chi connectivity index (χ1v) is 7.87. The zero-order valence-corrected chi connectivity index (χ0v) is 14.5. The quantitative estimate of drug-likeness (QED) is 0.427. The first kappa shape index (κ1) is 18.4. The highest BCUT2D eigenvalue weighted by molar-refractivity contribution is 6.38. The van der Waals surface area contributed by atoms with Crippen LogP contribution in [0.2, 0.25) is 0 Å². The van der Waals surface area contributed by atoms with E-state index >= 15 is 0 Å². The smallest absolute Gasteiger partial charge is 0.405 e. The molecule has 6 nitrogen and oxygen atoms in total. The van der Waals surface area contributed by atoms with Crippen LogP contribution in [0.25, 0.3) is 11.0 Å². The van der Waals surface area contributed by atoms with E-state index < -0.39 is 6.36 Å². The molecule has 2 N–H and O–H groups in total. The molecular weight excluding hydrogens is 359 g/mol. The van der Waals surface area contributed by atoms with E-state index in [-0.39, 0.29) is 17.1 Å². The fraction of sp³-hybridized carbons (Fsp3) is 0.167. The fourth-order valence-corrected chi connectivity index (χ4v) is 2.48. The molecule has 2 heterocycles. The van der Waals surface area contributed by atoms with Gasteiger partial charge in [-0.25, -0.2) is 4.98 Å². The normalized spacial score (nSPS) is 12.9. The highest BCUT2D eigenvalue weighted by Gasteiger charge is 2.31. The summed E-state index contributed by atoms with van der Waals surface area (Å²) in [6.45, 7) is 1.51. The highest BCUT2D eigenvalue weighted by atomic mass is 19.4. The Balaban J connectivity index is 1.88. The number of ether oxygens (including phenoxy) is 1. The minimum atomic E-state index is -4.77. The van der Waals surface area contributed by atoms with Crippen LogP contribution in [0, 0.1) is 6.92 Å². The molecule has 0 atom stereocenters. The van der Waals surface area contributed by atoms with E-state index in [1.165, 1.54) is 25.3 Å². The Bertz CT molecular complexity index is 1040. The molecule has 0 unspecified atom stereocenters. The number of halogens is 3. The Morgan fingerprint density at radius 3 is 2.70 bits per heavy atom. The van der Waals surface area contributed by atoms with Crippen LogP contribution in [0.15, 0.2) is 52.7 Å². The van der Waals surface area contributed by atoms with Gasteiger partial charge in [0.2, 0.25) is 0 Å². The molecule has 0 amide bonds. The average molecular weight is 375 g/mol. The number of rotatable bonds is 4. The monoisotopic (exact) mass is 375 g/mol. The molecule has 0 saturated heterocycles. The summed E-state index contributed by atoms with van der Waals surface area (Å²) in [4.78, 5) is 8.63. The SMILES string of the molecule is Cc1ccc(N=C/C(=N\N)c2ccc3ccn(C)c3n2)cc1OC(F)(F)F. The summed E-state index contributed by atoms with van der Waals surface area (Å²) in [7, 11) is 1.86. The van der Waals surface area contributed by atoms with Gasteiger partial charge in [-0.15, -0.1) is 13.2 Å². The number of aliphatic imine (C=N–C) groups is 1. The third kappa shape index (κ3) is 4.25. The second-order valence-corrected chi connectivity index (χ2v) is 5.81. The molecule has 1 aromatic carbocycles. The first-order chi connectivity index (χ1) is 12.8. The van der Waals surface area contributed by atoms with Crippen LogP contribution in [0.3, 0.4) is 0 Å². The molecule has 0 aliphatic rings. The largest absolute Gasteiger partial charge is 0.573 e. The number of hydrazone groups is 1. The summed E-state index contributed by atoms with van der Waals surface area (Å²) < 4.78 is 43.3. The number of pyridine rings is 1. The van der Waals surface area contributed by atoms with Gasteiger partial charge in [-0.05, 0) is 36.8 Å². The minimum Gasteiger partial charge on any atom is -0.405 e. The number of fused-ring (bicyclic) bond motifs is 1. The van der Waals surface area contributed by atoms with Crippen LogP contribution < -0.4 is 10.6 Å². The van der Waals surface area contributed by atoms with Crippen molar-refractivity contribution in [3.05, 3.63) is 53.9 Å². The Morgan fingerprint density at radius 2 is 2.00 bits per heavy atom. The second-order valence-electron chi connectivity index (χ2n) is 5.81. The lowest BCUT2D eigenvalue weighted by atomic mass is 10.2. The summed E-state index contributed by atoms with van der Waals surface area (Å²) in [6.07, 6.45) is -1.55. The number of hydrogen-bond donors (Lipinski definition) is 1. The Morgan fingerprint density at radius 1 is 1.22 bits per heavy atom. The second kappa shape index (κ2) is 7.10.